The van der Waals surface area contributed by atoms with Crippen LogP contribution in [0.2, 0.25) is 0 Å². The van der Waals surface area contributed by atoms with Gasteiger partial charge in [-0.2, -0.15) is 0 Å². The molecule has 98 valence electrons. The summed E-state index contributed by atoms with van der Waals surface area (Å²) in [6.07, 6.45) is 2.17. The molecule has 2 saturated heterocycles. The molecule has 2 aliphatic rings. The van der Waals surface area contributed by atoms with Crippen molar-refractivity contribution in [2.45, 2.75) is 25.4 Å². The average Bonchev–Trinajstić information content (AvgIpc) is 2.65. The van der Waals surface area contributed by atoms with Crippen molar-refractivity contribution in [3.8, 4) is 0 Å². The fraction of sp³-hybridized carbons (Fsp3) is 0.917. The molecule has 1 atom stereocenters. The van der Waals surface area contributed by atoms with E-state index >= 15 is 0 Å². The van der Waals surface area contributed by atoms with Crippen molar-refractivity contribution in [2.24, 2.45) is 5.92 Å². The second kappa shape index (κ2) is 5.23. The molecule has 2 fully saturated rings. The third kappa shape index (κ3) is 2.90. The molecule has 17 heavy (non-hydrogen) atoms. The SMILES string of the molecule is CCC(CCNC)CN1CC2(CNC(=O)O2)C1. The Balaban J connectivity index is 1.70. The molecule has 0 bridgehead atoms. The summed E-state index contributed by atoms with van der Waals surface area (Å²) in [5.74, 6) is 0.741. The van der Waals surface area contributed by atoms with Crippen molar-refractivity contribution in [1.29, 1.82) is 0 Å². The number of ether oxygens (including phenoxy) is 1. The Kier molecular flexibility index (Phi) is 3.89. The van der Waals surface area contributed by atoms with E-state index in [2.05, 4.69) is 22.5 Å². The second-order valence-electron chi connectivity index (χ2n) is 5.26. The summed E-state index contributed by atoms with van der Waals surface area (Å²) >= 11 is 0. The van der Waals surface area contributed by atoms with E-state index in [0.717, 1.165) is 32.1 Å². The predicted octanol–water partition coefficient (Wildman–Crippen LogP) is 0.416. The van der Waals surface area contributed by atoms with Gasteiger partial charge in [0.05, 0.1) is 6.54 Å². The monoisotopic (exact) mass is 241 g/mol. The van der Waals surface area contributed by atoms with Gasteiger partial charge in [-0.15, -0.1) is 0 Å². The smallest absolute Gasteiger partial charge is 0.407 e. The summed E-state index contributed by atoms with van der Waals surface area (Å²) in [5.41, 5.74) is -0.210. The van der Waals surface area contributed by atoms with Crippen LogP contribution in [0.4, 0.5) is 4.79 Å². The molecule has 2 N–H and O–H groups in total. The normalized spacial score (nSPS) is 24.2. The second-order valence-corrected chi connectivity index (χ2v) is 5.26. The van der Waals surface area contributed by atoms with Crippen LogP contribution >= 0.6 is 0 Å². The van der Waals surface area contributed by atoms with E-state index in [-0.39, 0.29) is 11.7 Å². The fourth-order valence-corrected chi connectivity index (χ4v) is 2.71. The number of carbonyl (C=O) groups is 1. The van der Waals surface area contributed by atoms with Gasteiger partial charge in [0.2, 0.25) is 0 Å². The summed E-state index contributed by atoms with van der Waals surface area (Å²) in [4.78, 5) is 13.4. The predicted molar refractivity (Wildman–Crippen MR) is 66.0 cm³/mol. The average molecular weight is 241 g/mol. The maximum Gasteiger partial charge on any atom is 0.407 e. The van der Waals surface area contributed by atoms with Crippen LogP contribution in [0.1, 0.15) is 19.8 Å². The molecule has 2 rings (SSSR count). The summed E-state index contributed by atoms with van der Waals surface area (Å²) in [6.45, 7) is 6.90. The van der Waals surface area contributed by atoms with Gasteiger partial charge in [0.15, 0.2) is 5.60 Å². The Morgan fingerprint density at radius 3 is 2.88 bits per heavy atom. The molecule has 5 nitrogen and oxygen atoms in total. The number of amides is 1. The molecule has 0 aliphatic carbocycles. The van der Waals surface area contributed by atoms with Crippen LogP contribution in [0.25, 0.3) is 0 Å². The first-order chi connectivity index (χ1) is 8.17. The highest BCUT2D eigenvalue weighted by atomic mass is 16.6. The first-order valence-electron chi connectivity index (χ1n) is 6.51. The quantitative estimate of drug-likeness (QED) is 0.707. The fourth-order valence-electron chi connectivity index (χ4n) is 2.71. The first-order valence-corrected chi connectivity index (χ1v) is 6.51. The third-order valence-electron chi connectivity index (χ3n) is 3.78. The highest BCUT2D eigenvalue weighted by molar-refractivity contribution is 5.70. The van der Waals surface area contributed by atoms with Crippen molar-refractivity contribution in [3.63, 3.8) is 0 Å². The van der Waals surface area contributed by atoms with Crippen LogP contribution < -0.4 is 10.6 Å². The molecule has 2 heterocycles. The van der Waals surface area contributed by atoms with Crippen LogP contribution in [-0.4, -0.2) is 56.4 Å². The Bertz CT molecular complexity index is 277. The number of nitrogens with one attached hydrogen (secondary N) is 2. The zero-order valence-electron chi connectivity index (χ0n) is 10.8. The summed E-state index contributed by atoms with van der Waals surface area (Å²) in [6, 6.07) is 0. The lowest BCUT2D eigenvalue weighted by molar-refractivity contribution is -0.0784. The molecule has 1 unspecified atom stereocenters. The lowest BCUT2D eigenvalue weighted by Crippen LogP contribution is -2.64. The Hall–Kier alpha value is -0.810. The highest BCUT2D eigenvalue weighted by Gasteiger charge is 2.50. The van der Waals surface area contributed by atoms with Gasteiger partial charge in [0.1, 0.15) is 0 Å². The number of likely N-dealkylation sites (tertiary alicyclic amines) is 1. The highest BCUT2D eigenvalue weighted by Crippen LogP contribution is 2.29. The van der Waals surface area contributed by atoms with Gasteiger partial charge in [0, 0.05) is 19.6 Å². The number of hydrogen-bond acceptors (Lipinski definition) is 4. The van der Waals surface area contributed by atoms with E-state index in [1.807, 2.05) is 7.05 Å². The summed E-state index contributed by atoms with van der Waals surface area (Å²) in [7, 11) is 2.00. The van der Waals surface area contributed by atoms with Gasteiger partial charge in [-0.05, 0) is 25.9 Å². The van der Waals surface area contributed by atoms with Gasteiger partial charge in [-0.3, -0.25) is 4.90 Å². The third-order valence-corrected chi connectivity index (χ3v) is 3.78. The first kappa shape index (κ1) is 12.6. The van der Waals surface area contributed by atoms with Crippen molar-refractivity contribution in [2.75, 3.05) is 39.8 Å². The minimum Gasteiger partial charge on any atom is -0.438 e. The molecule has 0 radical (unpaired) electrons. The van der Waals surface area contributed by atoms with Crippen LogP contribution in [0.3, 0.4) is 0 Å². The van der Waals surface area contributed by atoms with Crippen molar-refractivity contribution >= 4 is 6.09 Å². The Labute approximate surface area is 103 Å². The number of rotatable bonds is 6. The lowest BCUT2D eigenvalue weighted by Gasteiger charge is -2.46. The van der Waals surface area contributed by atoms with E-state index in [0.29, 0.717) is 6.54 Å². The van der Waals surface area contributed by atoms with Gasteiger partial charge in [0.25, 0.3) is 0 Å². The molecular weight excluding hydrogens is 218 g/mol. The molecule has 0 aromatic heterocycles. The molecular formula is C12H23N3O2. The van der Waals surface area contributed by atoms with Gasteiger partial charge in [-0.1, -0.05) is 13.3 Å². The maximum absolute atomic E-state index is 11.0. The molecule has 5 heteroatoms. The van der Waals surface area contributed by atoms with Gasteiger partial charge in [-0.25, -0.2) is 4.79 Å². The molecule has 0 saturated carbocycles. The van der Waals surface area contributed by atoms with E-state index in [1.54, 1.807) is 0 Å². The van der Waals surface area contributed by atoms with E-state index in [9.17, 15) is 4.79 Å². The van der Waals surface area contributed by atoms with Crippen LogP contribution in [0, 0.1) is 5.92 Å². The van der Waals surface area contributed by atoms with E-state index in [1.165, 1.54) is 12.8 Å². The zero-order valence-corrected chi connectivity index (χ0v) is 10.8. The topological polar surface area (TPSA) is 53.6 Å². The number of carbonyl (C=O) groups excluding carboxylic acids is 1. The van der Waals surface area contributed by atoms with E-state index in [4.69, 9.17) is 4.74 Å². The van der Waals surface area contributed by atoms with Crippen LogP contribution in [0.5, 0.6) is 0 Å². The largest absolute Gasteiger partial charge is 0.438 e. The van der Waals surface area contributed by atoms with Gasteiger partial charge < -0.3 is 15.4 Å². The summed E-state index contributed by atoms with van der Waals surface area (Å²) < 4.78 is 5.31. The number of alkyl carbamates (subject to hydrolysis) is 1. The molecule has 0 aromatic carbocycles. The molecule has 1 spiro atoms. The Morgan fingerprint density at radius 1 is 1.59 bits per heavy atom. The minimum absolute atomic E-state index is 0.210. The molecule has 2 aliphatic heterocycles. The van der Waals surface area contributed by atoms with E-state index < -0.39 is 0 Å². The van der Waals surface area contributed by atoms with Crippen LogP contribution in [-0.2, 0) is 4.74 Å². The number of nitrogens with zero attached hydrogens (tertiary/aromatic N) is 1. The van der Waals surface area contributed by atoms with Crippen molar-refractivity contribution in [1.82, 2.24) is 15.5 Å². The minimum atomic E-state index is -0.258. The van der Waals surface area contributed by atoms with Crippen molar-refractivity contribution < 1.29 is 9.53 Å². The lowest BCUT2D eigenvalue weighted by atomic mass is 9.91. The maximum atomic E-state index is 11.0. The Morgan fingerprint density at radius 2 is 2.35 bits per heavy atom. The molecule has 0 aromatic rings. The molecule has 1 amide bonds. The number of hydrogen-bond donors (Lipinski definition) is 2. The van der Waals surface area contributed by atoms with Crippen molar-refractivity contribution in [3.05, 3.63) is 0 Å². The standard InChI is InChI=1S/C12H23N3O2/c1-3-10(4-5-13-2)6-15-8-12(9-15)7-14-11(16)17-12/h10,13H,3-9H2,1-2H3,(H,14,16). The summed E-state index contributed by atoms with van der Waals surface area (Å²) in [5, 5.41) is 5.93. The zero-order chi connectivity index (χ0) is 12.3. The van der Waals surface area contributed by atoms with Gasteiger partial charge >= 0.3 is 6.09 Å². The van der Waals surface area contributed by atoms with Crippen LogP contribution in [0.15, 0.2) is 0 Å².